The summed E-state index contributed by atoms with van der Waals surface area (Å²) in [5.74, 6) is 2.34. The predicted molar refractivity (Wildman–Crippen MR) is 111 cm³/mol. The summed E-state index contributed by atoms with van der Waals surface area (Å²) in [6, 6.07) is 7.64. The molecule has 1 saturated carbocycles. The highest BCUT2D eigenvalue weighted by Gasteiger charge is 2.41. The van der Waals surface area contributed by atoms with E-state index in [0.717, 1.165) is 43.4 Å². The first-order valence-electron chi connectivity index (χ1n) is 11.1. The molecule has 5 nitrogen and oxygen atoms in total. The average molecular weight is 384 g/mol. The number of nitrogens with zero attached hydrogens (tertiary/aromatic N) is 3. The Hall–Kier alpha value is -1.59. The van der Waals surface area contributed by atoms with Crippen LogP contribution in [0.1, 0.15) is 45.4 Å². The predicted octanol–water partition coefficient (Wildman–Crippen LogP) is 4.10. The summed E-state index contributed by atoms with van der Waals surface area (Å²) in [6.45, 7) is 5.49. The minimum Gasteiger partial charge on any atom is -0.497 e. The molecule has 5 heteroatoms. The number of ether oxygens (including phenoxy) is 2. The monoisotopic (exact) mass is 383 g/mol. The Morgan fingerprint density at radius 3 is 2.61 bits per heavy atom. The van der Waals surface area contributed by atoms with Gasteiger partial charge in [-0.3, -0.25) is 9.58 Å². The first kappa shape index (κ1) is 18.4. The summed E-state index contributed by atoms with van der Waals surface area (Å²) in [7, 11) is 1.72. The van der Waals surface area contributed by atoms with Crippen molar-refractivity contribution in [1.82, 2.24) is 14.7 Å². The van der Waals surface area contributed by atoms with Gasteiger partial charge >= 0.3 is 0 Å². The molecule has 2 aromatic rings. The van der Waals surface area contributed by atoms with Gasteiger partial charge in [0.1, 0.15) is 5.75 Å². The van der Waals surface area contributed by atoms with Crippen molar-refractivity contribution in [3.05, 3.63) is 24.4 Å². The van der Waals surface area contributed by atoms with E-state index < -0.39 is 0 Å². The Morgan fingerprint density at radius 1 is 1.11 bits per heavy atom. The van der Waals surface area contributed by atoms with Crippen molar-refractivity contribution in [3.8, 4) is 5.75 Å². The Morgan fingerprint density at radius 2 is 1.89 bits per heavy atom. The number of methoxy groups -OCH3 is 1. The maximum absolute atomic E-state index is 6.24. The lowest BCUT2D eigenvalue weighted by Crippen LogP contribution is -2.47. The molecule has 0 unspecified atom stereocenters. The molecule has 1 aliphatic carbocycles. The molecule has 152 valence electrons. The van der Waals surface area contributed by atoms with Crippen LogP contribution in [0.2, 0.25) is 0 Å². The Labute approximate surface area is 168 Å². The van der Waals surface area contributed by atoms with Crippen LogP contribution in [-0.2, 0) is 11.3 Å². The molecule has 3 atom stereocenters. The number of piperidine rings is 1. The van der Waals surface area contributed by atoms with E-state index in [9.17, 15) is 0 Å². The maximum Gasteiger partial charge on any atom is 0.121 e. The van der Waals surface area contributed by atoms with Gasteiger partial charge in [-0.05, 0) is 62.5 Å². The zero-order chi connectivity index (χ0) is 19.1. The molecule has 3 fully saturated rings. The molecule has 1 aromatic carbocycles. The van der Waals surface area contributed by atoms with Crippen LogP contribution in [0.15, 0.2) is 24.4 Å². The van der Waals surface area contributed by atoms with E-state index in [0.29, 0.717) is 12.0 Å². The molecular weight excluding hydrogens is 350 g/mol. The number of aromatic nitrogens is 2. The van der Waals surface area contributed by atoms with Crippen LogP contribution in [0.4, 0.5) is 0 Å². The first-order valence-corrected chi connectivity index (χ1v) is 11.1. The van der Waals surface area contributed by atoms with Crippen LogP contribution in [0.25, 0.3) is 10.9 Å². The molecule has 3 heterocycles. The van der Waals surface area contributed by atoms with Crippen molar-refractivity contribution in [1.29, 1.82) is 0 Å². The quantitative estimate of drug-likeness (QED) is 0.688. The molecule has 28 heavy (non-hydrogen) atoms. The minimum absolute atomic E-state index is 0.507. The Balaban J connectivity index is 1.20. The van der Waals surface area contributed by atoms with Crippen LogP contribution in [-0.4, -0.2) is 53.1 Å². The van der Waals surface area contributed by atoms with E-state index >= 15 is 0 Å². The summed E-state index contributed by atoms with van der Waals surface area (Å²) < 4.78 is 13.8. The number of hydrogen-bond donors (Lipinski definition) is 0. The van der Waals surface area contributed by atoms with E-state index in [1.54, 1.807) is 7.11 Å². The zero-order valence-electron chi connectivity index (χ0n) is 17.2. The fraction of sp³-hybridized carbons (Fsp3) is 0.696. The Bertz CT molecular complexity index is 801. The molecule has 0 amide bonds. The van der Waals surface area contributed by atoms with Crippen molar-refractivity contribution >= 4 is 10.9 Å². The van der Waals surface area contributed by atoms with Crippen molar-refractivity contribution in [3.63, 3.8) is 0 Å². The molecule has 2 aliphatic heterocycles. The zero-order valence-corrected chi connectivity index (χ0v) is 17.2. The average Bonchev–Trinajstić information content (AvgIpc) is 3.42. The third-order valence-corrected chi connectivity index (χ3v) is 6.96. The number of fused-ring (bicyclic) bond motifs is 3. The molecule has 5 rings (SSSR count). The number of rotatable bonds is 8. The van der Waals surface area contributed by atoms with Gasteiger partial charge < -0.3 is 9.47 Å². The molecule has 2 bridgehead atoms. The van der Waals surface area contributed by atoms with Gasteiger partial charge in [-0.25, -0.2) is 0 Å². The van der Waals surface area contributed by atoms with E-state index in [2.05, 4.69) is 33.7 Å². The van der Waals surface area contributed by atoms with Gasteiger partial charge in [0.2, 0.25) is 0 Å². The third-order valence-electron chi connectivity index (χ3n) is 6.96. The van der Waals surface area contributed by atoms with Crippen molar-refractivity contribution in [2.45, 2.75) is 70.2 Å². The van der Waals surface area contributed by atoms with E-state index in [1.165, 1.54) is 49.4 Å². The van der Waals surface area contributed by atoms with Crippen molar-refractivity contribution in [2.75, 3.05) is 20.3 Å². The lowest BCUT2D eigenvalue weighted by Gasteiger charge is -2.40. The maximum atomic E-state index is 6.24. The highest BCUT2D eigenvalue weighted by molar-refractivity contribution is 5.80. The van der Waals surface area contributed by atoms with Gasteiger partial charge in [-0.2, -0.15) is 5.10 Å². The van der Waals surface area contributed by atoms with Crippen molar-refractivity contribution < 1.29 is 9.47 Å². The highest BCUT2D eigenvalue weighted by atomic mass is 16.5. The van der Waals surface area contributed by atoms with Crippen LogP contribution in [0.3, 0.4) is 0 Å². The van der Waals surface area contributed by atoms with Crippen LogP contribution in [0, 0.1) is 11.8 Å². The third kappa shape index (κ3) is 3.79. The lowest BCUT2D eigenvalue weighted by molar-refractivity contribution is -0.0276. The standard InChI is InChI=1S/C23H33N3O2/c1-16(14-26-23-11-21(27-2)8-5-18(23)12-24-26)13-25-19-6-7-20(25)10-22(9-19)28-15-17-3-4-17/h5,8,11-12,16-17,19-20,22H,3-4,6-7,9-10,13-15H2,1-2H3/t16-,19+,20+/m1/s1. The van der Waals surface area contributed by atoms with Crippen LogP contribution < -0.4 is 4.74 Å². The summed E-state index contributed by atoms with van der Waals surface area (Å²) in [4.78, 5) is 2.79. The molecule has 3 aliphatic rings. The van der Waals surface area contributed by atoms with Crippen LogP contribution in [0.5, 0.6) is 5.75 Å². The number of hydrogen-bond acceptors (Lipinski definition) is 4. The lowest BCUT2D eigenvalue weighted by atomic mass is 9.98. The van der Waals surface area contributed by atoms with E-state index in [1.807, 2.05) is 12.3 Å². The number of benzene rings is 1. The molecule has 0 radical (unpaired) electrons. The first-order chi connectivity index (χ1) is 13.7. The summed E-state index contributed by atoms with van der Waals surface area (Å²) in [6.07, 6.45) is 10.4. The van der Waals surface area contributed by atoms with E-state index in [4.69, 9.17) is 9.47 Å². The molecule has 1 aromatic heterocycles. The largest absolute Gasteiger partial charge is 0.497 e. The minimum atomic E-state index is 0.507. The highest BCUT2D eigenvalue weighted by Crippen LogP contribution is 2.38. The van der Waals surface area contributed by atoms with Crippen molar-refractivity contribution in [2.24, 2.45) is 11.8 Å². The van der Waals surface area contributed by atoms with Gasteiger partial charge in [0.05, 0.1) is 24.9 Å². The van der Waals surface area contributed by atoms with Gasteiger partial charge in [0.25, 0.3) is 0 Å². The van der Waals surface area contributed by atoms with Gasteiger partial charge in [-0.15, -0.1) is 0 Å². The molecule has 2 saturated heterocycles. The topological polar surface area (TPSA) is 39.5 Å². The second kappa shape index (κ2) is 7.68. The Kier molecular flexibility index (Phi) is 5.06. The summed E-state index contributed by atoms with van der Waals surface area (Å²) in [5.41, 5.74) is 1.17. The van der Waals surface area contributed by atoms with Gasteiger partial charge in [0, 0.05) is 43.2 Å². The molecular formula is C23H33N3O2. The van der Waals surface area contributed by atoms with Gasteiger partial charge in [0.15, 0.2) is 0 Å². The van der Waals surface area contributed by atoms with Gasteiger partial charge in [-0.1, -0.05) is 6.92 Å². The summed E-state index contributed by atoms with van der Waals surface area (Å²) in [5, 5.41) is 5.82. The van der Waals surface area contributed by atoms with E-state index in [-0.39, 0.29) is 0 Å². The van der Waals surface area contributed by atoms with Crippen LogP contribution >= 0.6 is 0 Å². The molecule has 0 N–H and O–H groups in total. The summed E-state index contributed by atoms with van der Waals surface area (Å²) >= 11 is 0. The fourth-order valence-corrected chi connectivity index (χ4v) is 5.25. The molecule has 0 spiro atoms. The second-order valence-electron chi connectivity index (χ2n) is 9.31. The normalized spacial score (nSPS) is 28.7. The smallest absolute Gasteiger partial charge is 0.121 e. The second-order valence-corrected chi connectivity index (χ2v) is 9.31. The fourth-order valence-electron chi connectivity index (χ4n) is 5.25. The SMILES string of the molecule is COc1ccc2cnn(C[C@H](C)CN3[C@H]4CC[C@H]3CC(OCC3CC3)C4)c2c1.